The van der Waals surface area contributed by atoms with Crippen LogP contribution in [0.4, 0.5) is 4.39 Å². The average Bonchev–Trinajstić information content (AvgIpc) is 2.23. The molecule has 2 rings (SSSR count). The molecular weight excluding hydrogens is 177 g/mol. The summed E-state index contributed by atoms with van der Waals surface area (Å²) in [7, 11) is 0. The van der Waals surface area contributed by atoms with Gasteiger partial charge in [-0.05, 0) is 43.6 Å². The van der Waals surface area contributed by atoms with Crippen molar-refractivity contribution in [2.24, 2.45) is 0 Å². The Hall–Kier alpha value is -1.15. The quantitative estimate of drug-likeness (QED) is 0.719. The van der Waals surface area contributed by atoms with Crippen molar-refractivity contribution >= 4 is 6.08 Å². The summed E-state index contributed by atoms with van der Waals surface area (Å²) < 4.78 is 12.6. The maximum Gasteiger partial charge on any atom is 0.123 e. The second-order valence-electron chi connectivity index (χ2n) is 3.60. The molecular formula is C12H14FN. The van der Waals surface area contributed by atoms with Gasteiger partial charge in [0, 0.05) is 0 Å². The molecule has 0 amide bonds. The maximum atomic E-state index is 12.6. The van der Waals surface area contributed by atoms with Gasteiger partial charge in [-0.3, -0.25) is 0 Å². The zero-order chi connectivity index (χ0) is 9.80. The van der Waals surface area contributed by atoms with E-state index in [4.69, 9.17) is 0 Å². The minimum Gasteiger partial charge on any atom is -0.316 e. The molecule has 1 fully saturated rings. The Bertz CT molecular complexity index is 319. The molecule has 1 aromatic carbocycles. The van der Waals surface area contributed by atoms with Crippen molar-refractivity contribution in [2.75, 3.05) is 13.1 Å². The van der Waals surface area contributed by atoms with Gasteiger partial charge in [-0.1, -0.05) is 23.8 Å². The van der Waals surface area contributed by atoms with Crippen LogP contribution < -0.4 is 5.32 Å². The third-order valence-electron chi connectivity index (χ3n) is 2.49. The van der Waals surface area contributed by atoms with Gasteiger partial charge in [-0.25, -0.2) is 4.39 Å². The van der Waals surface area contributed by atoms with Crippen molar-refractivity contribution in [1.82, 2.24) is 5.32 Å². The van der Waals surface area contributed by atoms with Gasteiger partial charge in [0.05, 0.1) is 0 Å². The highest BCUT2D eigenvalue weighted by atomic mass is 19.1. The fourth-order valence-electron chi connectivity index (χ4n) is 1.69. The van der Waals surface area contributed by atoms with Crippen LogP contribution in [0.1, 0.15) is 18.4 Å². The first kappa shape index (κ1) is 9.41. The average molecular weight is 191 g/mol. The Morgan fingerprint density at radius 3 is 2.36 bits per heavy atom. The van der Waals surface area contributed by atoms with Gasteiger partial charge in [-0.15, -0.1) is 0 Å². The molecule has 1 aliphatic rings. The molecule has 0 aliphatic carbocycles. The van der Waals surface area contributed by atoms with E-state index in [9.17, 15) is 4.39 Å². The first-order valence-corrected chi connectivity index (χ1v) is 5.00. The first-order chi connectivity index (χ1) is 6.84. The summed E-state index contributed by atoms with van der Waals surface area (Å²) in [5.74, 6) is -0.169. The monoisotopic (exact) mass is 191 g/mol. The smallest absolute Gasteiger partial charge is 0.123 e. The van der Waals surface area contributed by atoms with E-state index in [1.54, 1.807) is 0 Å². The highest BCUT2D eigenvalue weighted by Gasteiger charge is 2.03. The number of rotatable bonds is 1. The molecule has 1 aliphatic heterocycles. The minimum absolute atomic E-state index is 0.169. The van der Waals surface area contributed by atoms with Crippen LogP contribution in [0.25, 0.3) is 6.08 Å². The molecule has 1 N–H and O–H groups in total. The van der Waals surface area contributed by atoms with E-state index in [-0.39, 0.29) is 5.82 Å². The predicted octanol–water partition coefficient (Wildman–Crippen LogP) is 2.59. The van der Waals surface area contributed by atoms with Crippen LogP contribution in [0.2, 0.25) is 0 Å². The summed E-state index contributed by atoms with van der Waals surface area (Å²) in [6.45, 7) is 2.13. The Morgan fingerprint density at radius 2 is 1.71 bits per heavy atom. The lowest BCUT2D eigenvalue weighted by Crippen LogP contribution is -2.22. The molecule has 1 aromatic rings. The molecule has 0 saturated carbocycles. The molecule has 2 heteroatoms. The van der Waals surface area contributed by atoms with Crippen molar-refractivity contribution in [3.8, 4) is 0 Å². The van der Waals surface area contributed by atoms with Gasteiger partial charge in [0.15, 0.2) is 0 Å². The van der Waals surface area contributed by atoms with Crippen molar-refractivity contribution in [3.63, 3.8) is 0 Å². The van der Waals surface area contributed by atoms with Crippen LogP contribution in [0.5, 0.6) is 0 Å². The van der Waals surface area contributed by atoms with E-state index in [1.165, 1.54) is 17.7 Å². The van der Waals surface area contributed by atoms with Crippen LogP contribution in [0, 0.1) is 5.82 Å². The van der Waals surface area contributed by atoms with Gasteiger partial charge in [0.1, 0.15) is 5.82 Å². The molecule has 0 unspecified atom stereocenters. The predicted molar refractivity (Wildman–Crippen MR) is 56.5 cm³/mol. The van der Waals surface area contributed by atoms with Crippen LogP contribution in [0.3, 0.4) is 0 Å². The molecule has 0 atom stereocenters. The third-order valence-corrected chi connectivity index (χ3v) is 2.49. The molecule has 0 radical (unpaired) electrons. The highest BCUT2D eigenvalue weighted by Crippen LogP contribution is 2.15. The number of benzene rings is 1. The lowest BCUT2D eigenvalue weighted by atomic mass is 10.0. The number of piperidine rings is 1. The summed E-state index contributed by atoms with van der Waals surface area (Å²) in [4.78, 5) is 0. The number of nitrogens with one attached hydrogen (secondary N) is 1. The van der Waals surface area contributed by atoms with E-state index in [0.717, 1.165) is 31.5 Å². The van der Waals surface area contributed by atoms with E-state index >= 15 is 0 Å². The molecule has 1 nitrogen and oxygen atoms in total. The summed E-state index contributed by atoms with van der Waals surface area (Å²) in [6, 6.07) is 6.66. The highest BCUT2D eigenvalue weighted by molar-refractivity contribution is 5.52. The normalized spacial score (nSPS) is 16.8. The number of hydrogen-bond donors (Lipinski definition) is 1. The van der Waals surface area contributed by atoms with Crippen molar-refractivity contribution in [2.45, 2.75) is 12.8 Å². The molecule has 1 heterocycles. The summed E-state index contributed by atoms with van der Waals surface area (Å²) in [5.41, 5.74) is 2.55. The Kier molecular flexibility index (Phi) is 2.94. The zero-order valence-electron chi connectivity index (χ0n) is 8.09. The molecule has 1 saturated heterocycles. The zero-order valence-corrected chi connectivity index (χ0v) is 8.09. The number of halogens is 1. The third kappa shape index (κ3) is 2.42. The van der Waals surface area contributed by atoms with Crippen molar-refractivity contribution in [3.05, 3.63) is 41.2 Å². The second-order valence-corrected chi connectivity index (χ2v) is 3.60. The van der Waals surface area contributed by atoms with Gasteiger partial charge >= 0.3 is 0 Å². The lowest BCUT2D eigenvalue weighted by molar-refractivity contribution is 0.613. The van der Waals surface area contributed by atoms with Crippen LogP contribution in [0.15, 0.2) is 29.8 Å². The molecule has 0 aromatic heterocycles. The summed E-state index contributed by atoms with van der Waals surface area (Å²) >= 11 is 0. The van der Waals surface area contributed by atoms with Crippen molar-refractivity contribution in [1.29, 1.82) is 0 Å². The topological polar surface area (TPSA) is 12.0 Å². The van der Waals surface area contributed by atoms with Crippen LogP contribution in [-0.2, 0) is 0 Å². The minimum atomic E-state index is -0.169. The summed E-state index contributed by atoms with van der Waals surface area (Å²) in [5, 5.41) is 3.31. The Balaban J connectivity index is 2.11. The SMILES string of the molecule is Fc1ccc(C=C2CCNCC2)cc1. The van der Waals surface area contributed by atoms with Gasteiger partial charge in [0.25, 0.3) is 0 Å². The Morgan fingerprint density at radius 1 is 1.07 bits per heavy atom. The van der Waals surface area contributed by atoms with Gasteiger partial charge in [0.2, 0.25) is 0 Å². The first-order valence-electron chi connectivity index (χ1n) is 5.00. The van der Waals surface area contributed by atoms with E-state index < -0.39 is 0 Å². The Labute approximate surface area is 83.6 Å². The van der Waals surface area contributed by atoms with Crippen LogP contribution in [-0.4, -0.2) is 13.1 Å². The van der Waals surface area contributed by atoms with E-state index in [2.05, 4.69) is 11.4 Å². The molecule has 0 bridgehead atoms. The van der Waals surface area contributed by atoms with Gasteiger partial charge in [-0.2, -0.15) is 0 Å². The standard InChI is InChI=1S/C12H14FN/c13-12-3-1-10(2-4-12)9-11-5-7-14-8-6-11/h1-4,9,14H,5-8H2. The van der Waals surface area contributed by atoms with Crippen molar-refractivity contribution < 1.29 is 4.39 Å². The van der Waals surface area contributed by atoms with Crippen LogP contribution >= 0.6 is 0 Å². The molecule has 14 heavy (non-hydrogen) atoms. The fourth-order valence-corrected chi connectivity index (χ4v) is 1.69. The fraction of sp³-hybridized carbons (Fsp3) is 0.333. The second kappa shape index (κ2) is 4.38. The summed E-state index contributed by atoms with van der Waals surface area (Å²) in [6.07, 6.45) is 4.38. The number of hydrogen-bond acceptors (Lipinski definition) is 1. The lowest BCUT2D eigenvalue weighted by Gasteiger charge is -2.15. The van der Waals surface area contributed by atoms with Gasteiger partial charge < -0.3 is 5.32 Å². The van der Waals surface area contributed by atoms with E-state index in [1.807, 2.05) is 12.1 Å². The molecule has 0 spiro atoms. The maximum absolute atomic E-state index is 12.6. The largest absolute Gasteiger partial charge is 0.316 e. The molecule has 74 valence electrons. The van der Waals surface area contributed by atoms with E-state index in [0.29, 0.717) is 0 Å².